The highest BCUT2D eigenvalue weighted by Crippen LogP contribution is 2.38. The van der Waals surface area contributed by atoms with Crippen molar-refractivity contribution in [2.45, 2.75) is 0 Å². The summed E-state index contributed by atoms with van der Waals surface area (Å²) in [7, 11) is 0. The van der Waals surface area contributed by atoms with Crippen molar-refractivity contribution in [3.8, 4) is 22.6 Å². The van der Waals surface area contributed by atoms with Crippen LogP contribution in [0.2, 0.25) is 0 Å². The molecule has 0 aromatic heterocycles. The Morgan fingerprint density at radius 2 is 1.40 bits per heavy atom. The van der Waals surface area contributed by atoms with Crippen LogP contribution in [-0.2, 0) is 0 Å². The zero-order valence-corrected chi connectivity index (χ0v) is 10.1. The monoisotopic (exact) mass is 274 g/mol. The lowest BCUT2D eigenvalue weighted by Gasteiger charge is -2.12. The molecule has 0 saturated carbocycles. The van der Waals surface area contributed by atoms with E-state index in [-0.39, 0.29) is 5.56 Å². The number of hydrogen-bond donors (Lipinski definition) is 4. The van der Waals surface area contributed by atoms with Crippen molar-refractivity contribution < 1.29 is 30.0 Å². The summed E-state index contributed by atoms with van der Waals surface area (Å²) < 4.78 is 0. The first-order valence-electron chi connectivity index (χ1n) is 5.54. The number of hydrogen-bond acceptors (Lipinski definition) is 4. The second-order valence-electron chi connectivity index (χ2n) is 4.02. The van der Waals surface area contributed by atoms with Crippen LogP contribution in [0.3, 0.4) is 0 Å². The van der Waals surface area contributed by atoms with Gasteiger partial charge in [-0.1, -0.05) is 30.3 Å². The normalized spacial score (nSPS) is 10.2. The van der Waals surface area contributed by atoms with Gasteiger partial charge in [-0.25, -0.2) is 9.59 Å². The molecule has 6 nitrogen and oxygen atoms in total. The summed E-state index contributed by atoms with van der Waals surface area (Å²) in [6, 6.07) is 9.17. The molecule has 0 aliphatic heterocycles. The van der Waals surface area contributed by atoms with Crippen molar-refractivity contribution in [1.82, 2.24) is 0 Å². The first kappa shape index (κ1) is 13.4. The molecule has 0 unspecified atom stereocenters. The Hall–Kier alpha value is -3.02. The largest absolute Gasteiger partial charge is 0.504 e. The molecule has 6 heteroatoms. The molecule has 2 aromatic carbocycles. The van der Waals surface area contributed by atoms with E-state index in [1.165, 1.54) is 0 Å². The Balaban J connectivity index is 2.88. The standard InChI is InChI=1S/C14H10O6/c15-9-6-8(7-4-2-1-3-5-7)10(13(17)18)11(12(9)16)14(19)20/h1-6,15-16H,(H,17,18)(H,19,20). The summed E-state index contributed by atoms with van der Waals surface area (Å²) in [6.45, 7) is 0. The number of phenols is 2. The number of aromatic hydroxyl groups is 2. The molecule has 0 aliphatic rings. The molecule has 0 saturated heterocycles. The quantitative estimate of drug-likeness (QED) is 0.637. The average molecular weight is 274 g/mol. The number of carboxylic acids is 2. The third-order valence-electron chi connectivity index (χ3n) is 2.79. The van der Waals surface area contributed by atoms with Crippen LogP contribution < -0.4 is 0 Å². The maximum Gasteiger partial charge on any atom is 0.340 e. The van der Waals surface area contributed by atoms with Crippen molar-refractivity contribution >= 4 is 11.9 Å². The minimum atomic E-state index is -1.63. The van der Waals surface area contributed by atoms with E-state index in [0.717, 1.165) is 6.07 Å². The van der Waals surface area contributed by atoms with Gasteiger partial charge in [-0.15, -0.1) is 0 Å². The molecule has 0 fully saturated rings. The van der Waals surface area contributed by atoms with E-state index >= 15 is 0 Å². The lowest BCUT2D eigenvalue weighted by atomic mass is 9.94. The van der Waals surface area contributed by atoms with E-state index in [1.807, 2.05) is 0 Å². The lowest BCUT2D eigenvalue weighted by molar-refractivity contribution is 0.0648. The SMILES string of the molecule is O=C(O)c1c(-c2ccccc2)cc(O)c(O)c1C(=O)O. The van der Waals surface area contributed by atoms with Gasteiger partial charge in [0.2, 0.25) is 0 Å². The van der Waals surface area contributed by atoms with Gasteiger partial charge in [-0.05, 0) is 11.6 Å². The summed E-state index contributed by atoms with van der Waals surface area (Å²) in [5.41, 5.74) is -0.969. The molecule has 4 N–H and O–H groups in total. The highest BCUT2D eigenvalue weighted by molar-refractivity contribution is 6.09. The van der Waals surface area contributed by atoms with Crippen LogP contribution in [0, 0.1) is 0 Å². The minimum Gasteiger partial charge on any atom is -0.504 e. The highest BCUT2D eigenvalue weighted by atomic mass is 16.4. The van der Waals surface area contributed by atoms with Crippen molar-refractivity contribution in [3.05, 3.63) is 47.5 Å². The van der Waals surface area contributed by atoms with Crippen LogP contribution in [0.1, 0.15) is 20.7 Å². The maximum absolute atomic E-state index is 11.3. The molecule has 2 rings (SSSR count). The maximum atomic E-state index is 11.3. The fourth-order valence-electron chi connectivity index (χ4n) is 1.93. The van der Waals surface area contributed by atoms with Gasteiger partial charge >= 0.3 is 11.9 Å². The lowest BCUT2D eigenvalue weighted by Crippen LogP contribution is -2.10. The predicted octanol–water partition coefficient (Wildman–Crippen LogP) is 2.16. The second-order valence-corrected chi connectivity index (χ2v) is 4.02. The molecule has 0 amide bonds. The number of aromatic carboxylic acids is 2. The summed E-state index contributed by atoms with van der Waals surface area (Å²) >= 11 is 0. The van der Waals surface area contributed by atoms with Crippen LogP contribution in [0.4, 0.5) is 0 Å². The van der Waals surface area contributed by atoms with Gasteiger partial charge < -0.3 is 20.4 Å². The van der Waals surface area contributed by atoms with Crippen molar-refractivity contribution in [1.29, 1.82) is 0 Å². The first-order chi connectivity index (χ1) is 9.43. The summed E-state index contributed by atoms with van der Waals surface area (Å²) in [5, 5.41) is 37.4. The van der Waals surface area contributed by atoms with E-state index < -0.39 is 34.6 Å². The van der Waals surface area contributed by atoms with Crippen molar-refractivity contribution in [2.24, 2.45) is 0 Å². The Labute approximate surface area is 113 Å². The molecule has 2 aromatic rings. The van der Waals surface area contributed by atoms with Gasteiger partial charge in [-0.3, -0.25) is 0 Å². The molecular weight excluding hydrogens is 264 g/mol. The van der Waals surface area contributed by atoms with E-state index in [1.54, 1.807) is 30.3 Å². The highest BCUT2D eigenvalue weighted by Gasteiger charge is 2.27. The predicted molar refractivity (Wildman–Crippen MR) is 69.1 cm³/mol. The van der Waals surface area contributed by atoms with Gasteiger partial charge in [-0.2, -0.15) is 0 Å². The molecule has 0 aliphatic carbocycles. The summed E-state index contributed by atoms with van der Waals surface area (Å²) in [6.07, 6.45) is 0. The average Bonchev–Trinajstić information content (AvgIpc) is 2.41. The van der Waals surface area contributed by atoms with Crippen molar-refractivity contribution in [2.75, 3.05) is 0 Å². The van der Waals surface area contributed by atoms with Crippen molar-refractivity contribution in [3.63, 3.8) is 0 Å². The van der Waals surface area contributed by atoms with Crippen LogP contribution in [0.5, 0.6) is 11.5 Å². The van der Waals surface area contributed by atoms with E-state index in [4.69, 9.17) is 5.11 Å². The van der Waals surface area contributed by atoms with Gasteiger partial charge in [0.25, 0.3) is 0 Å². The molecular formula is C14H10O6. The van der Waals surface area contributed by atoms with Gasteiger partial charge in [0, 0.05) is 5.56 Å². The topological polar surface area (TPSA) is 115 Å². The Morgan fingerprint density at radius 1 is 0.850 bits per heavy atom. The van der Waals surface area contributed by atoms with Gasteiger partial charge in [0.15, 0.2) is 11.5 Å². The number of benzene rings is 2. The molecule has 0 heterocycles. The van der Waals surface area contributed by atoms with Crippen LogP contribution >= 0.6 is 0 Å². The summed E-state index contributed by atoms with van der Waals surface area (Å²) in [5.74, 6) is -4.79. The third-order valence-corrected chi connectivity index (χ3v) is 2.79. The van der Waals surface area contributed by atoms with Gasteiger partial charge in [0.1, 0.15) is 5.56 Å². The molecule has 102 valence electrons. The fourth-order valence-corrected chi connectivity index (χ4v) is 1.93. The number of carboxylic acid groups (broad SMARTS) is 2. The fraction of sp³-hybridized carbons (Fsp3) is 0. The number of phenolic OH excluding ortho intramolecular Hbond substituents is 1. The first-order valence-corrected chi connectivity index (χ1v) is 5.54. The zero-order chi connectivity index (χ0) is 14.9. The zero-order valence-electron chi connectivity index (χ0n) is 10.1. The Morgan fingerprint density at radius 3 is 1.90 bits per heavy atom. The van der Waals surface area contributed by atoms with Crippen LogP contribution in [-0.4, -0.2) is 32.4 Å². The number of rotatable bonds is 3. The second kappa shape index (κ2) is 4.93. The van der Waals surface area contributed by atoms with Crippen LogP contribution in [0.15, 0.2) is 36.4 Å². The molecule has 20 heavy (non-hydrogen) atoms. The van der Waals surface area contributed by atoms with E-state index in [2.05, 4.69) is 0 Å². The third kappa shape index (κ3) is 2.14. The van der Waals surface area contributed by atoms with E-state index in [0.29, 0.717) is 5.56 Å². The summed E-state index contributed by atoms with van der Waals surface area (Å²) in [4.78, 5) is 22.5. The smallest absolute Gasteiger partial charge is 0.340 e. The van der Waals surface area contributed by atoms with Gasteiger partial charge in [0.05, 0.1) is 5.56 Å². The molecule has 0 radical (unpaired) electrons. The molecule has 0 spiro atoms. The van der Waals surface area contributed by atoms with E-state index in [9.17, 15) is 24.9 Å². The minimum absolute atomic E-state index is 0.0193. The van der Waals surface area contributed by atoms with Crippen LogP contribution in [0.25, 0.3) is 11.1 Å². The molecule has 0 atom stereocenters. The number of carbonyl (C=O) groups is 2. The Kier molecular flexibility index (Phi) is 3.30. The molecule has 0 bridgehead atoms. The Bertz CT molecular complexity index is 691.